The summed E-state index contributed by atoms with van der Waals surface area (Å²) >= 11 is 1.68. The normalized spacial score (nSPS) is 13.4. The summed E-state index contributed by atoms with van der Waals surface area (Å²) in [6, 6.07) is 7.91. The van der Waals surface area contributed by atoms with Gasteiger partial charge in [-0.1, -0.05) is 87.0 Å². The average molecular weight is 749 g/mol. The molecule has 2 unspecified atom stereocenters. The first-order valence-corrected chi connectivity index (χ1v) is 20.5. The van der Waals surface area contributed by atoms with Crippen LogP contribution in [-0.2, 0) is 10.2 Å². The summed E-state index contributed by atoms with van der Waals surface area (Å²) in [5, 5.41) is 16.3. The van der Waals surface area contributed by atoms with Crippen LogP contribution in [0.25, 0.3) is 23.1 Å². The number of methoxy groups -OCH3 is 3. The predicted molar refractivity (Wildman–Crippen MR) is 219 cm³/mol. The second-order valence-electron chi connectivity index (χ2n) is 15.1. The SMILES string of the molecule is CCCCC(CC)CN(CC(CC)CCCC)C(=O)CN(CC)c1ccc(/C=c2/c(C(C)(C)C)nn3c(-c4cc(OC)cc(OC)c4OC)nnc23)s1. The Morgan fingerprint density at radius 2 is 1.57 bits per heavy atom. The highest BCUT2D eigenvalue weighted by molar-refractivity contribution is 7.16. The number of rotatable bonds is 21. The molecule has 0 aliphatic rings. The Kier molecular flexibility index (Phi) is 15.4. The molecule has 0 radical (unpaired) electrons. The number of unbranched alkanes of at least 4 members (excludes halogenated alkanes) is 2. The Balaban J connectivity index is 1.69. The zero-order chi connectivity index (χ0) is 38.7. The maximum Gasteiger partial charge on any atom is 0.242 e. The van der Waals surface area contributed by atoms with Crippen molar-refractivity contribution in [1.82, 2.24) is 24.7 Å². The van der Waals surface area contributed by atoms with Crippen LogP contribution >= 0.6 is 11.3 Å². The van der Waals surface area contributed by atoms with E-state index in [9.17, 15) is 4.79 Å². The lowest BCUT2D eigenvalue weighted by Gasteiger charge is -2.33. The number of anilines is 1. The number of amides is 1. The molecule has 1 amide bonds. The molecule has 0 saturated heterocycles. The van der Waals surface area contributed by atoms with Crippen molar-refractivity contribution in [3.63, 3.8) is 0 Å². The largest absolute Gasteiger partial charge is 0.497 e. The molecular formula is C42H64N6O4S. The maximum absolute atomic E-state index is 14.2. The highest BCUT2D eigenvalue weighted by atomic mass is 32.1. The predicted octanol–water partition coefficient (Wildman–Crippen LogP) is 8.81. The van der Waals surface area contributed by atoms with Gasteiger partial charge in [0.15, 0.2) is 23.0 Å². The minimum Gasteiger partial charge on any atom is -0.497 e. The van der Waals surface area contributed by atoms with Crippen molar-refractivity contribution in [3.05, 3.63) is 40.1 Å². The Labute approximate surface area is 321 Å². The molecule has 10 nitrogen and oxygen atoms in total. The third kappa shape index (κ3) is 10.2. The molecule has 0 bridgehead atoms. The van der Waals surface area contributed by atoms with Crippen LogP contribution in [0.3, 0.4) is 0 Å². The number of likely N-dealkylation sites (N-methyl/N-ethyl adjacent to an activating group) is 1. The summed E-state index contributed by atoms with van der Waals surface area (Å²) in [5.41, 5.74) is 1.96. The summed E-state index contributed by atoms with van der Waals surface area (Å²) in [7, 11) is 4.82. The molecule has 3 heterocycles. The van der Waals surface area contributed by atoms with E-state index in [1.54, 1.807) is 43.2 Å². The molecule has 2 atom stereocenters. The first kappa shape index (κ1) is 41.9. The zero-order valence-corrected chi connectivity index (χ0v) is 35.1. The van der Waals surface area contributed by atoms with Crippen LogP contribution in [-0.4, -0.2) is 78.1 Å². The monoisotopic (exact) mass is 748 g/mol. The van der Waals surface area contributed by atoms with E-state index in [4.69, 9.17) is 19.3 Å². The van der Waals surface area contributed by atoms with Crippen LogP contribution in [0, 0.1) is 11.8 Å². The van der Waals surface area contributed by atoms with E-state index in [0.717, 1.165) is 53.3 Å². The fourth-order valence-corrected chi connectivity index (χ4v) is 7.97. The second-order valence-corrected chi connectivity index (χ2v) is 16.2. The fraction of sp³-hybridized carbons (Fsp3) is 0.619. The van der Waals surface area contributed by atoms with Crippen molar-refractivity contribution in [3.8, 4) is 28.6 Å². The zero-order valence-electron chi connectivity index (χ0n) is 34.3. The maximum atomic E-state index is 14.2. The fourth-order valence-electron chi connectivity index (χ4n) is 6.96. The standard InChI is InChI=1S/C42H64N6O4S/c1-12-17-19-29(14-3)26-47(27-30(15-4)20-18-13-2)36(49)28-46(16-5)37-22-21-32(53-37)25-34-39(42(6,7)8)45-48-40(43-44-41(34)48)33-23-31(50-9)24-35(51-10)38(33)52-11/h21-25,29-30H,12-20,26-28H2,1-11H3/b34-25-. The Morgan fingerprint density at radius 1 is 0.906 bits per heavy atom. The molecule has 0 spiro atoms. The number of fused-ring (bicyclic) bond motifs is 1. The van der Waals surface area contributed by atoms with Gasteiger partial charge in [0.05, 0.1) is 44.1 Å². The molecule has 0 aliphatic heterocycles. The number of hydrogen-bond acceptors (Lipinski definition) is 9. The smallest absolute Gasteiger partial charge is 0.242 e. The van der Waals surface area contributed by atoms with E-state index in [0.29, 0.717) is 52.7 Å². The van der Waals surface area contributed by atoms with E-state index in [2.05, 4.69) is 93.6 Å². The quantitative estimate of drug-likeness (QED) is 0.0835. The third-order valence-corrected chi connectivity index (χ3v) is 11.4. The van der Waals surface area contributed by atoms with Crippen LogP contribution in [0.5, 0.6) is 17.2 Å². The first-order chi connectivity index (χ1) is 25.5. The molecule has 4 rings (SSSR count). The molecule has 53 heavy (non-hydrogen) atoms. The van der Waals surface area contributed by atoms with Crippen LogP contribution in [0.15, 0.2) is 24.3 Å². The van der Waals surface area contributed by atoms with Crippen LogP contribution in [0.1, 0.15) is 117 Å². The number of carbonyl (C=O) groups excluding carboxylic acids is 1. The number of hydrogen-bond donors (Lipinski definition) is 0. The van der Waals surface area contributed by atoms with Gasteiger partial charge >= 0.3 is 0 Å². The molecule has 0 N–H and O–H groups in total. The van der Waals surface area contributed by atoms with Crippen LogP contribution in [0.2, 0.25) is 0 Å². The number of benzene rings is 1. The molecule has 0 aliphatic carbocycles. The van der Waals surface area contributed by atoms with Gasteiger partial charge in [-0.15, -0.1) is 21.5 Å². The molecular weight excluding hydrogens is 685 g/mol. The van der Waals surface area contributed by atoms with Gasteiger partial charge in [0.25, 0.3) is 0 Å². The first-order valence-electron chi connectivity index (χ1n) is 19.7. The van der Waals surface area contributed by atoms with Crippen molar-refractivity contribution in [1.29, 1.82) is 0 Å². The molecule has 292 valence electrons. The van der Waals surface area contributed by atoms with E-state index < -0.39 is 0 Å². The lowest BCUT2D eigenvalue weighted by molar-refractivity contribution is -0.131. The highest BCUT2D eigenvalue weighted by Crippen LogP contribution is 2.41. The number of carbonyl (C=O) groups is 1. The molecule has 11 heteroatoms. The van der Waals surface area contributed by atoms with Gasteiger partial charge in [0.2, 0.25) is 5.91 Å². The minimum atomic E-state index is -0.271. The third-order valence-electron chi connectivity index (χ3n) is 10.3. The summed E-state index contributed by atoms with van der Waals surface area (Å²) in [6.45, 7) is 20.5. The number of thiophene rings is 1. The van der Waals surface area contributed by atoms with Crippen LogP contribution < -0.4 is 24.3 Å². The van der Waals surface area contributed by atoms with Crippen molar-refractivity contribution in [2.75, 3.05) is 52.4 Å². The van der Waals surface area contributed by atoms with Crippen molar-refractivity contribution in [2.45, 2.75) is 112 Å². The summed E-state index contributed by atoms with van der Waals surface area (Å²) < 4.78 is 18.7. The van der Waals surface area contributed by atoms with Crippen LogP contribution in [0.4, 0.5) is 5.00 Å². The van der Waals surface area contributed by atoms with Crippen molar-refractivity contribution >= 4 is 34.0 Å². The van der Waals surface area contributed by atoms with Gasteiger partial charge in [-0.25, -0.2) is 0 Å². The van der Waals surface area contributed by atoms with Gasteiger partial charge < -0.3 is 24.0 Å². The molecule has 0 fully saturated rings. The Hall–Kier alpha value is -3.86. The molecule has 1 aromatic carbocycles. The van der Waals surface area contributed by atoms with Gasteiger partial charge in [0.1, 0.15) is 5.75 Å². The number of nitrogens with zero attached hydrogens (tertiary/aromatic N) is 6. The van der Waals surface area contributed by atoms with E-state index in [-0.39, 0.29) is 11.3 Å². The van der Waals surface area contributed by atoms with Gasteiger partial charge in [0, 0.05) is 41.2 Å². The number of aromatic nitrogens is 4. The Morgan fingerprint density at radius 3 is 2.09 bits per heavy atom. The highest BCUT2D eigenvalue weighted by Gasteiger charge is 2.27. The van der Waals surface area contributed by atoms with Gasteiger partial charge in [-0.05, 0) is 55.9 Å². The molecule has 0 saturated carbocycles. The summed E-state index contributed by atoms with van der Waals surface area (Å²) in [4.78, 5) is 19.7. The minimum absolute atomic E-state index is 0.230. The summed E-state index contributed by atoms with van der Waals surface area (Å²) in [6.07, 6.45) is 11.5. The van der Waals surface area contributed by atoms with Gasteiger partial charge in [-0.2, -0.15) is 9.61 Å². The average Bonchev–Trinajstić information content (AvgIpc) is 3.89. The lowest BCUT2D eigenvalue weighted by Crippen LogP contribution is -2.44. The van der Waals surface area contributed by atoms with Crippen molar-refractivity contribution < 1.29 is 19.0 Å². The molecule has 4 aromatic rings. The van der Waals surface area contributed by atoms with E-state index in [1.165, 1.54) is 38.5 Å². The number of ether oxygens (including phenoxy) is 3. The molecule has 3 aromatic heterocycles. The topological polar surface area (TPSA) is 94.3 Å². The van der Waals surface area contributed by atoms with E-state index in [1.807, 2.05) is 6.07 Å². The Bertz CT molecular complexity index is 1790. The summed E-state index contributed by atoms with van der Waals surface area (Å²) in [5.74, 6) is 3.51. The lowest BCUT2D eigenvalue weighted by atomic mass is 9.91. The van der Waals surface area contributed by atoms with Crippen molar-refractivity contribution in [2.24, 2.45) is 11.8 Å². The van der Waals surface area contributed by atoms with E-state index >= 15 is 0 Å². The second kappa shape index (κ2) is 19.5. The van der Waals surface area contributed by atoms with Gasteiger partial charge in [-0.3, -0.25) is 4.79 Å².